The molecule has 0 heterocycles. The van der Waals surface area contributed by atoms with E-state index in [4.69, 9.17) is 0 Å². The topological polar surface area (TPSA) is 63.7 Å². The van der Waals surface area contributed by atoms with Crippen LogP contribution in [-0.2, 0) is 19.1 Å². The molecule has 1 aromatic carbocycles. The third-order valence-electron chi connectivity index (χ3n) is 3.13. The number of esters is 1. The Hall–Kier alpha value is -2.17. The van der Waals surface area contributed by atoms with E-state index in [2.05, 4.69) is 4.74 Å². The van der Waals surface area contributed by atoms with E-state index in [1.807, 2.05) is 32.0 Å². The van der Waals surface area contributed by atoms with Crippen LogP contribution in [-0.4, -0.2) is 30.8 Å². The Bertz CT molecular complexity index is 531. The molecule has 0 unspecified atom stereocenters. The SMILES string of the molecule is COC(=O)[C@H](C)N(C(=O)C(C)=O)c1c(C)cccc1C. The summed E-state index contributed by atoms with van der Waals surface area (Å²) in [7, 11) is 1.25. The summed E-state index contributed by atoms with van der Waals surface area (Å²) >= 11 is 0. The van der Waals surface area contributed by atoms with Gasteiger partial charge in [-0.2, -0.15) is 0 Å². The summed E-state index contributed by atoms with van der Waals surface area (Å²) in [6.07, 6.45) is 0. The molecule has 1 amide bonds. The van der Waals surface area contributed by atoms with Crippen molar-refractivity contribution in [2.75, 3.05) is 12.0 Å². The molecular formula is C15H19NO4. The van der Waals surface area contributed by atoms with E-state index < -0.39 is 23.7 Å². The minimum absolute atomic E-state index is 0.567. The van der Waals surface area contributed by atoms with Gasteiger partial charge in [0.2, 0.25) is 5.78 Å². The van der Waals surface area contributed by atoms with Gasteiger partial charge in [0.15, 0.2) is 0 Å². The molecule has 0 fully saturated rings. The van der Waals surface area contributed by atoms with Crippen LogP contribution >= 0.6 is 0 Å². The first-order chi connectivity index (χ1) is 9.31. The third kappa shape index (κ3) is 3.04. The minimum atomic E-state index is -0.865. The molecule has 1 rings (SSSR count). The van der Waals surface area contributed by atoms with Gasteiger partial charge in [-0.25, -0.2) is 4.79 Å². The Balaban J connectivity index is 3.42. The minimum Gasteiger partial charge on any atom is -0.467 e. The number of carbonyl (C=O) groups excluding carboxylic acids is 3. The van der Waals surface area contributed by atoms with Crippen LogP contribution in [0.1, 0.15) is 25.0 Å². The predicted molar refractivity (Wildman–Crippen MR) is 75.6 cm³/mol. The highest BCUT2D eigenvalue weighted by Gasteiger charge is 2.32. The van der Waals surface area contributed by atoms with Crippen LogP contribution in [0.15, 0.2) is 18.2 Å². The van der Waals surface area contributed by atoms with E-state index in [9.17, 15) is 14.4 Å². The second-order valence-corrected chi connectivity index (χ2v) is 4.67. The summed E-state index contributed by atoms with van der Waals surface area (Å²) in [6, 6.07) is 4.64. The first kappa shape index (κ1) is 15.9. The van der Waals surface area contributed by atoms with Crippen molar-refractivity contribution in [2.24, 2.45) is 0 Å². The van der Waals surface area contributed by atoms with Crippen molar-refractivity contribution in [3.8, 4) is 0 Å². The number of benzene rings is 1. The Morgan fingerprint density at radius 1 is 1.15 bits per heavy atom. The molecular weight excluding hydrogens is 258 g/mol. The second-order valence-electron chi connectivity index (χ2n) is 4.67. The van der Waals surface area contributed by atoms with Gasteiger partial charge in [0.25, 0.3) is 5.91 Å². The number of ketones is 1. The quantitative estimate of drug-likeness (QED) is 0.621. The molecule has 0 bridgehead atoms. The summed E-state index contributed by atoms with van der Waals surface area (Å²) in [4.78, 5) is 36.6. The van der Waals surface area contributed by atoms with Gasteiger partial charge >= 0.3 is 5.97 Å². The average molecular weight is 277 g/mol. The van der Waals surface area contributed by atoms with Crippen molar-refractivity contribution in [2.45, 2.75) is 33.7 Å². The van der Waals surface area contributed by atoms with Gasteiger partial charge in [0.05, 0.1) is 12.8 Å². The third-order valence-corrected chi connectivity index (χ3v) is 3.13. The van der Waals surface area contributed by atoms with Crippen LogP contribution in [0.5, 0.6) is 0 Å². The van der Waals surface area contributed by atoms with Crippen molar-refractivity contribution in [3.05, 3.63) is 29.3 Å². The molecule has 0 aliphatic rings. The van der Waals surface area contributed by atoms with Gasteiger partial charge in [-0.05, 0) is 31.9 Å². The molecule has 5 heteroatoms. The Morgan fingerprint density at radius 3 is 2.05 bits per heavy atom. The van der Waals surface area contributed by atoms with E-state index in [0.29, 0.717) is 5.69 Å². The molecule has 20 heavy (non-hydrogen) atoms. The van der Waals surface area contributed by atoms with E-state index in [0.717, 1.165) is 11.1 Å². The fraction of sp³-hybridized carbons (Fsp3) is 0.400. The van der Waals surface area contributed by atoms with Crippen molar-refractivity contribution in [3.63, 3.8) is 0 Å². The number of aryl methyl sites for hydroxylation is 2. The predicted octanol–water partition coefficient (Wildman–Crippen LogP) is 1.79. The summed E-state index contributed by atoms with van der Waals surface area (Å²) < 4.78 is 4.68. The van der Waals surface area contributed by atoms with E-state index in [1.165, 1.54) is 18.9 Å². The summed E-state index contributed by atoms with van der Waals surface area (Å²) in [5, 5.41) is 0. The van der Waals surface area contributed by atoms with Crippen molar-refractivity contribution < 1.29 is 19.1 Å². The highest BCUT2D eigenvalue weighted by atomic mass is 16.5. The van der Waals surface area contributed by atoms with Crippen LogP contribution in [0.4, 0.5) is 5.69 Å². The number of hydrogen-bond acceptors (Lipinski definition) is 4. The number of ether oxygens (including phenoxy) is 1. The molecule has 1 atom stereocenters. The van der Waals surface area contributed by atoms with Crippen molar-refractivity contribution in [1.29, 1.82) is 0 Å². The van der Waals surface area contributed by atoms with Gasteiger partial charge < -0.3 is 4.74 Å². The molecule has 108 valence electrons. The van der Waals surface area contributed by atoms with Crippen LogP contribution in [0.25, 0.3) is 0 Å². The lowest BCUT2D eigenvalue weighted by atomic mass is 10.1. The van der Waals surface area contributed by atoms with Crippen LogP contribution < -0.4 is 4.90 Å². The zero-order valence-corrected chi connectivity index (χ0v) is 12.4. The number of anilines is 1. The standard InChI is InChI=1S/C15H19NO4/c1-9-7-6-8-10(2)13(9)16(14(18)12(4)17)11(3)15(19)20-5/h6-8,11H,1-5H3/t11-/m0/s1. The number of nitrogens with zero attached hydrogens (tertiary/aromatic N) is 1. The fourth-order valence-electron chi connectivity index (χ4n) is 2.10. The van der Waals surface area contributed by atoms with E-state index >= 15 is 0 Å². The number of hydrogen-bond donors (Lipinski definition) is 0. The molecule has 0 saturated carbocycles. The molecule has 0 saturated heterocycles. The number of Topliss-reactive ketones (excluding diaryl/α,β-unsaturated/α-hetero) is 1. The van der Waals surface area contributed by atoms with E-state index in [1.54, 1.807) is 6.92 Å². The maximum Gasteiger partial charge on any atom is 0.328 e. The zero-order valence-electron chi connectivity index (χ0n) is 12.4. The molecule has 1 aromatic rings. The maximum atomic E-state index is 12.2. The average Bonchev–Trinajstić information content (AvgIpc) is 2.40. The largest absolute Gasteiger partial charge is 0.467 e. The number of para-hydroxylation sites is 1. The lowest BCUT2D eigenvalue weighted by molar-refractivity contribution is -0.143. The van der Waals surface area contributed by atoms with E-state index in [-0.39, 0.29) is 0 Å². The number of carbonyl (C=O) groups is 3. The molecule has 0 aliphatic carbocycles. The monoisotopic (exact) mass is 277 g/mol. The van der Waals surface area contributed by atoms with Crippen molar-refractivity contribution >= 4 is 23.3 Å². The summed E-state index contributed by atoms with van der Waals surface area (Å²) in [5.41, 5.74) is 2.20. The number of amides is 1. The van der Waals surface area contributed by atoms with Gasteiger partial charge in [0.1, 0.15) is 6.04 Å². The van der Waals surface area contributed by atoms with Gasteiger partial charge in [-0.15, -0.1) is 0 Å². The molecule has 0 N–H and O–H groups in total. The Morgan fingerprint density at radius 2 is 1.65 bits per heavy atom. The number of methoxy groups -OCH3 is 1. The fourth-order valence-corrected chi connectivity index (χ4v) is 2.10. The Kier molecular flexibility index (Phi) is 5.02. The molecule has 0 radical (unpaired) electrons. The highest BCUT2D eigenvalue weighted by Crippen LogP contribution is 2.27. The smallest absolute Gasteiger partial charge is 0.328 e. The first-order valence-electron chi connectivity index (χ1n) is 6.29. The molecule has 5 nitrogen and oxygen atoms in total. The molecule has 0 aromatic heterocycles. The Labute approximate surface area is 118 Å². The van der Waals surface area contributed by atoms with Crippen LogP contribution in [0.3, 0.4) is 0 Å². The second kappa shape index (κ2) is 6.32. The van der Waals surface area contributed by atoms with Gasteiger partial charge in [0, 0.05) is 6.92 Å². The highest BCUT2D eigenvalue weighted by molar-refractivity contribution is 6.41. The lowest BCUT2D eigenvalue weighted by Crippen LogP contribution is -2.47. The summed E-state index contributed by atoms with van der Waals surface area (Å²) in [5.74, 6) is -1.91. The first-order valence-corrected chi connectivity index (χ1v) is 6.29. The number of rotatable bonds is 4. The van der Waals surface area contributed by atoms with Crippen LogP contribution in [0, 0.1) is 13.8 Å². The van der Waals surface area contributed by atoms with Gasteiger partial charge in [-0.3, -0.25) is 14.5 Å². The molecule has 0 aliphatic heterocycles. The summed E-state index contributed by atoms with van der Waals surface area (Å²) in [6.45, 7) is 6.38. The maximum absolute atomic E-state index is 12.2. The molecule has 0 spiro atoms. The van der Waals surface area contributed by atoms with Crippen molar-refractivity contribution in [1.82, 2.24) is 0 Å². The van der Waals surface area contributed by atoms with Gasteiger partial charge in [-0.1, -0.05) is 18.2 Å². The zero-order chi connectivity index (χ0) is 15.4. The van der Waals surface area contributed by atoms with Crippen LogP contribution in [0.2, 0.25) is 0 Å². The lowest BCUT2D eigenvalue weighted by Gasteiger charge is -2.29. The normalized spacial score (nSPS) is 11.7.